The highest BCUT2D eigenvalue weighted by molar-refractivity contribution is 5.75. The summed E-state index contributed by atoms with van der Waals surface area (Å²) in [5, 5.41) is 0. The SMILES string of the molecule is CC(CC(C)(C)C(C)(C)C)N=C(N)N. The van der Waals surface area contributed by atoms with Gasteiger partial charge in [0.15, 0.2) is 5.96 Å². The van der Waals surface area contributed by atoms with Crippen molar-refractivity contribution in [3.8, 4) is 0 Å². The van der Waals surface area contributed by atoms with Crippen LogP contribution in [0.5, 0.6) is 0 Å². The van der Waals surface area contributed by atoms with Gasteiger partial charge < -0.3 is 11.5 Å². The highest BCUT2D eigenvalue weighted by Gasteiger charge is 2.33. The third-order valence-electron chi connectivity index (χ3n) is 3.21. The molecule has 3 heteroatoms. The molecule has 0 aromatic carbocycles. The number of aliphatic imine (C=N–C) groups is 1. The van der Waals surface area contributed by atoms with E-state index in [2.05, 4.69) is 39.6 Å². The summed E-state index contributed by atoms with van der Waals surface area (Å²) < 4.78 is 0. The Bertz CT molecular complexity index is 207. The van der Waals surface area contributed by atoms with Gasteiger partial charge in [-0.25, -0.2) is 0 Å². The van der Waals surface area contributed by atoms with Crippen molar-refractivity contribution in [3.63, 3.8) is 0 Å². The van der Waals surface area contributed by atoms with Crippen LogP contribution in [-0.2, 0) is 0 Å². The number of rotatable bonds is 3. The van der Waals surface area contributed by atoms with E-state index >= 15 is 0 Å². The summed E-state index contributed by atoms with van der Waals surface area (Å²) >= 11 is 0. The fourth-order valence-electron chi connectivity index (χ4n) is 1.34. The lowest BCUT2D eigenvalue weighted by atomic mass is 9.66. The summed E-state index contributed by atoms with van der Waals surface area (Å²) in [7, 11) is 0. The molecule has 14 heavy (non-hydrogen) atoms. The molecular weight excluding hydrogens is 174 g/mol. The second-order valence-corrected chi connectivity index (χ2v) is 5.74. The van der Waals surface area contributed by atoms with E-state index in [-0.39, 0.29) is 22.8 Å². The normalized spacial score (nSPS) is 15.0. The molecule has 0 bridgehead atoms. The van der Waals surface area contributed by atoms with Gasteiger partial charge in [0.1, 0.15) is 0 Å². The van der Waals surface area contributed by atoms with Gasteiger partial charge in [0.05, 0.1) is 6.04 Å². The Morgan fingerprint density at radius 2 is 1.57 bits per heavy atom. The zero-order valence-electron chi connectivity index (χ0n) is 10.4. The Kier molecular flexibility index (Phi) is 3.98. The molecule has 0 amide bonds. The number of hydrogen-bond donors (Lipinski definition) is 2. The molecule has 0 aliphatic carbocycles. The van der Waals surface area contributed by atoms with Crippen LogP contribution in [-0.4, -0.2) is 12.0 Å². The molecule has 0 rings (SSSR count). The van der Waals surface area contributed by atoms with Crippen LogP contribution in [0.4, 0.5) is 0 Å². The van der Waals surface area contributed by atoms with Crippen molar-refractivity contribution in [2.75, 3.05) is 0 Å². The molecule has 0 spiro atoms. The van der Waals surface area contributed by atoms with Gasteiger partial charge in [0.25, 0.3) is 0 Å². The smallest absolute Gasteiger partial charge is 0.186 e. The minimum absolute atomic E-state index is 0.183. The van der Waals surface area contributed by atoms with E-state index in [1.54, 1.807) is 0 Å². The standard InChI is InChI=1S/C11H25N3/c1-8(14-9(12)13)7-11(5,6)10(2,3)4/h8H,7H2,1-6H3,(H4,12,13,14). The van der Waals surface area contributed by atoms with Gasteiger partial charge >= 0.3 is 0 Å². The highest BCUT2D eigenvalue weighted by atomic mass is 15.0. The van der Waals surface area contributed by atoms with E-state index in [1.807, 2.05) is 6.92 Å². The van der Waals surface area contributed by atoms with Crippen LogP contribution in [0.15, 0.2) is 4.99 Å². The van der Waals surface area contributed by atoms with E-state index in [9.17, 15) is 0 Å². The Morgan fingerprint density at radius 3 is 1.86 bits per heavy atom. The number of nitrogens with zero attached hydrogens (tertiary/aromatic N) is 1. The fourth-order valence-corrected chi connectivity index (χ4v) is 1.34. The molecule has 3 nitrogen and oxygen atoms in total. The van der Waals surface area contributed by atoms with Crippen LogP contribution in [0, 0.1) is 10.8 Å². The molecule has 0 aromatic heterocycles. The van der Waals surface area contributed by atoms with Crippen molar-refractivity contribution in [1.29, 1.82) is 0 Å². The van der Waals surface area contributed by atoms with E-state index in [0.717, 1.165) is 6.42 Å². The summed E-state index contributed by atoms with van der Waals surface area (Å²) in [4.78, 5) is 4.15. The monoisotopic (exact) mass is 199 g/mol. The molecule has 1 unspecified atom stereocenters. The molecule has 0 aromatic rings. The lowest BCUT2D eigenvalue weighted by molar-refractivity contribution is 0.112. The maximum atomic E-state index is 5.35. The highest BCUT2D eigenvalue weighted by Crippen LogP contribution is 2.41. The van der Waals surface area contributed by atoms with Gasteiger partial charge in [-0.05, 0) is 24.2 Å². The van der Waals surface area contributed by atoms with Crippen molar-refractivity contribution in [1.82, 2.24) is 0 Å². The second-order valence-electron chi connectivity index (χ2n) is 5.74. The molecular formula is C11H25N3. The molecule has 0 heterocycles. The first-order valence-corrected chi connectivity index (χ1v) is 5.15. The number of nitrogens with two attached hydrogens (primary N) is 2. The molecule has 0 aliphatic rings. The number of hydrogen-bond acceptors (Lipinski definition) is 1. The minimum atomic E-state index is 0.183. The molecule has 0 fully saturated rings. The van der Waals surface area contributed by atoms with Crippen molar-refractivity contribution >= 4 is 5.96 Å². The van der Waals surface area contributed by atoms with E-state index < -0.39 is 0 Å². The van der Waals surface area contributed by atoms with Gasteiger partial charge in [-0.2, -0.15) is 0 Å². The van der Waals surface area contributed by atoms with Gasteiger partial charge in [0, 0.05) is 0 Å². The summed E-state index contributed by atoms with van der Waals surface area (Å²) in [6.45, 7) is 13.3. The van der Waals surface area contributed by atoms with Crippen LogP contribution in [0.25, 0.3) is 0 Å². The minimum Gasteiger partial charge on any atom is -0.370 e. The quantitative estimate of drug-likeness (QED) is 0.540. The lowest BCUT2D eigenvalue weighted by Crippen LogP contribution is -2.33. The maximum absolute atomic E-state index is 5.35. The molecule has 84 valence electrons. The first-order chi connectivity index (χ1) is 6.06. The van der Waals surface area contributed by atoms with Gasteiger partial charge in [-0.15, -0.1) is 0 Å². The number of guanidine groups is 1. The largest absolute Gasteiger partial charge is 0.370 e. The molecule has 0 saturated carbocycles. The second kappa shape index (κ2) is 4.20. The molecule has 1 atom stereocenters. The molecule has 0 radical (unpaired) electrons. The summed E-state index contributed by atoms with van der Waals surface area (Å²) in [6, 6.07) is 0.189. The summed E-state index contributed by atoms with van der Waals surface area (Å²) in [5.74, 6) is 0.183. The Labute approximate surface area is 88.0 Å². The first kappa shape index (κ1) is 13.3. The van der Waals surface area contributed by atoms with E-state index in [1.165, 1.54) is 0 Å². The zero-order valence-corrected chi connectivity index (χ0v) is 10.4. The fraction of sp³-hybridized carbons (Fsp3) is 0.909. The first-order valence-electron chi connectivity index (χ1n) is 5.15. The van der Waals surface area contributed by atoms with E-state index in [4.69, 9.17) is 11.5 Å². The van der Waals surface area contributed by atoms with Crippen molar-refractivity contribution in [2.24, 2.45) is 27.3 Å². The molecule has 0 aliphatic heterocycles. The Balaban J connectivity index is 4.45. The van der Waals surface area contributed by atoms with Gasteiger partial charge in [-0.3, -0.25) is 4.99 Å². The van der Waals surface area contributed by atoms with Gasteiger partial charge in [0.2, 0.25) is 0 Å². The van der Waals surface area contributed by atoms with Crippen LogP contribution in [0.1, 0.15) is 48.0 Å². The van der Waals surface area contributed by atoms with Crippen LogP contribution in [0.3, 0.4) is 0 Å². The topological polar surface area (TPSA) is 64.4 Å². The van der Waals surface area contributed by atoms with Crippen LogP contribution < -0.4 is 11.5 Å². The molecule has 4 N–H and O–H groups in total. The average Bonchev–Trinajstić information content (AvgIpc) is 1.79. The average molecular weight is 199 g/mol. The van der Waals surface area contributed by atoms with Crippen LogP contribution >= 0.6 is 0 Å². The van der Waals surface area contributed by atoms with Gasteiger partial charge in [-0.1, -0.05) is 34.6 Å². The van der Waals surface area contributed by atoms with Crippen LogP contribution in [0.2, 0.25) is 0 Å². The van der Waals surface area contributed by atoms with Crippen molar-refractivity contribution in [2.45, 2.75) is 54.0 Å². The molecule has 0 saturated heterocycles. The third kappa shape index (κ3) is 3.99. The summed E-state index contributed by atoms with van der Waals surface area (Å²) in [6.07, 6.45) is 0.994. The third-order valence-corrected chi connectivity index (χ3v) is 3.21. The summed E-state index contributed by atoms with van der Waals surface area (Å²) in [5.41, 5.74) is 11.2. The zero-order chi connectivity index (χ0) is 11.6. The predicted molar refractivity (Wildman–Crippen MR) is 63.1 cm³/mol. The van der Waals surface area contributed by atoms with Crippen molar-refractivity contribution < 1.29 is 0 Å². The lowest BCUT2D eigenvalue weighted by Gasteiger charge is -2.40. The van der Waals surface area contributed by atoms with Crippen molar-refractivity contribution in [3.05, 3.63) is 0 Å². The Morgan fingerprint density at radius 1 is 1.14 bits per heavy atom. The predicted octanol–water partition coefficient (Wildman–Crippen LogP) is 2.11. The Hall–Kier alpha value is -0.730. The van der Waals surface area contributed by atoms with E-state index in [0.29, 0.717) is 0 Å². The maximum Gasteiger partial charge on any atom is 0.186 e.